The third-order valence-corrected chi connectivity index (χ3v) is 9.34. The average molecular weight is 409 g/mol. The van der Waals surface area contributed by atoms with Crippen LogP contribution in [0.4, 0.5) is 0 Å². The van der Waals surface area contributed by atoms with E-state index in [0.29, 0.717) is 11.8 Å². The molecule has 1 saturated heterocycles. The molecule has 1 heterocycles. The third kappa shape index (κ3) is 2.63. The predicted molar refractivity (Wildman–Crippen MR) is 113 cm³/mol. The number of hydrogen-bond donors (Lipinski definition) is 3. The van der Waals surface area contributed by atoms with Crippen LogP contribution in [-0.4, -0.2) is 36.1 Å². The lowest BCUT2D eigenvalue weighted by Crippen LogP contribution is -2.59. The summed E-state index contributed by atoms with van der Waals surface area (Å²) in [6.45, 7) is 1.67. The molecule has 0 aromatic heterocycles. The maximum atomic E-state index is 13.9. The number of rotatable bonds is 3. The zero-order valence-electron chi connectivity index (χ0n) is 17.5. The molecule has 5 aliphatic carbocycles. The Morgan fingerprint density at radius 3 is 2.23 bits per heavy atom. The number of aliphatic carboxylic acids is 1. The summed E-state index contributed by atoms with van der Waals surface area (Å²) < 4.78 is 0. The standard InChI is InChI=1S/C25H32N2O3/c28-23(27-22-16-10-14-9-15(12-16)13-17(22)11-14)21-20(24(29)30)18-3-1-2-4-19(18)25(21)5-7-26-8-6-25/h1-4,14-17,20-22,26H,5-13H2,(H,27,28)(H,29,30)/t14?,15?,16?,17?,20-,21?,22?/m0/s1. The lowest BCUT2D eigenvalue weighted by Gasteiger charge is -2.54. The van der Waals surface area contributed by atoms with E-state index in [1.165, 1.54) is 32.1 Å². The smallest absolute Gasteiger partial charge is 0.311 e. The van der Waals surface area contributed by atoms with Crippen LogP contribution >= 0.6 is 0 Å². The summed E-state index contributed by atoms with van der Waals surface area (Å²) in [7, 11) is 0. The van der Waals surface area contributed by atoms with Gasteiger partial charge in [-0.3, -0.25) is 9.59 Å². The van der Waals surface area contributed by atoms with E-state index in [0.717, 1.165) is 48.9 Å². The van der Waals surface area contributed by atoms with Crippen LogP contribution in [0.15, 0.2) is 24.3 Å². The fourth-order valence-corrected chi connectivity index (χ4v) is 8.43. The zero-order valence-corrected chi connectivity index (χ0v) is 17.5. The fourth-order valence-electron chi connectivity index (χ4n) is 8.43. The van der Waals surface area contributed by atoms with E-state index in [9.17, 15) is 14.7 Å². The Labute approximate surface area is 178 Å². The molecule has 6 aliphatic rings. The van der Waals surface area contributed by atoms with Crippen molar-refractivity contribution in [1.82, 2.24) is 10.6 Å². The van der Waals surface area contributed by atoms with Gasteiger partial charge >= 0.3 is 5.97 Å². The van der Waals surface area contributed by atoms with Gasteiger partial charge in [-0.15, -0.1) is 0 Å². The molecule has 2 atom stereocenters. The molecule has 0 radical (unpaired) electrons. The van der Waals surface area contributed by atoms with Crippen LogP contribution in [0.1, 0.15) is 62.0 Å². The number of nitrogens with one attached hydrogen (secondary N) is 2. The molecular weight excluding hydrogens is 376 g/mol. The highest BCUT2D eigenvalue weighted by atomic mass is 16.4. The summed E-state index contributed by atoms with van der Waals surface area (Å²) in [5, 5.41) is 17.1. The van der Waals surface area contributed by atoms with Crippen molar-refractivity contribution in [3.63, 3.8) is 0 Å². The third-order valence-electron chi connectivity index (χ3n) is 9.34. The number of benzene rings is 1. The molecule has 160 valence electrons. The Balaban J connectivity index is 1.35. The Morgan fingerprint density at radius 1 is 0.967 bits per heavy atom. The maximum Gasteiger partial charge on any atom is 0.311 e. The number of carboxylic acids is 1. The van der Waals surface area contributed by atoms with E-state index in [2.05, 4.69) is 16.7 Å². The molecule has 1 aliphatic heterocycles. The van der Waals surface area contributed by atoms with Crippen molar-refractivity contribution in [2.75, 3.05) is 13.1 Å². The highest BCUT2D eigenvalue weighted by Gasteiger charge is 2.58. The summed E-state index contributed by atoms with van der Waals surface area (Å²) in [5.74, 6) is 0.809. The molecule has 1 aromatic carbocycles. The van der Waals surface area contributed by atoms with Gasteiger partial charge in [-0.05, 0) is 92.8 Å². The van der Waals surface area contributed by atoms with Gasteiger partial charge in [-0.2, -0.15) is 0 Å². The number of carboxylic acid groups (broad SMARTS) is 1. The van der Waals surface area contributed by atoms with E-state index in [-0.39, 0.29) is 17.4 Å². The predicted octanol–water partition coefficient (Wildman–Crippen LogP) is 3.05. The molecule has 1 amide bonds. The Morgan fingerprint density at radius 2 is 1.60 bits per heavy atom. The SMILES string of the molecule is O=C(NC1C2CC3CC(C2)CC1C3)C1[C@@H](C(=O)O)c2ccccc2C12CCNCC2. The summed E-state index contributed by atoms with van der Waals surface area (Å²) in [4.78, 5) is 26.3. The average Bonchev–Trinajstić information content (AvgIpc) is 3.01. The van der Waals surface area contributed by atoms with Gasteiger partial charge in [0.1, 0.15) is 0 Å². The van der Waals surface area contributed by atoms with Crippen LogP contribution in [-0.2, 0) is 15.0 Å². The van der Waals surface area contributed by atoms with E-state index in [4.69, 9.17) is 0 Å². The molecule has 5 heteroatoms. The summed E-state index contributed by atoms with van der Waals surface area (Å²) in [5.41, 5.74) is 1.60. The molecule has 3 N–H and O–H groups in total. The first-order valence-electron chi connectivity index (χ1n) is 11.9. The van der Waals surface area contributed by atoms with Crippen molar-refractivity contribution >= 4 is 11.9 Å². The quantitative estimate of drug-likeness (QED) is 0.718. The molecule has 4 saturated carbocycles. The van der Waals surface area contributed by atoms with Gasteiger partial charge in [-0.1, -0.05) is 24.3 Å². The van der Waals surface area contributed by atoms with Crippen molar-refractivity contribution in [3.05, 3.63) is 35.4 Å². The summed E-state index contributed by atoms with van der Waals surface area (Å²) in [6, 6.07) is 8.18. The molecule has 5 fully saturated rings. The van der Waals surface area contributed by atoms with Gasteiger partial charge in [0, 0.05) is 11.5 Å². The normalized spacial score (nSPS) is 40.3. The van der Waals surface area contributed by atoms with Crippen molar-refractivity contribution in [2.24, 2.45) is 29.6 Å². The molecule has 4 bridgehead atoms. The van der Waals surface area contributed by atoms with Crippen LogP contribution < -0.4 is 10.6 Å². The first kappa shape index (κ1) is 18.9. The second kappa shape index (κ2) is 6.81. The highest BCUT2D eigenvalue weighted by Crippen LogP contribution is 2.57. The molecule has 1 spiro atoms. The fraction of sp³-hybridized carbons (Fsp3) is 0.680. The van der Waals surface area contributed by atoms with E-state index < -0.39 is 17.8 Å². The van der Waals surface area contributed by atoms with Gasteiger partial charge in [0.2, 0.25) is 5.91 Å². The molecule has 5 nitrogen and oxygen atoms in total. The molecule has 7 rings (SSSR count). The van der Waals surface area contributed by atoms with Gasteiger partial charge in [0.15, 0.2) is 0 Å². The molecular formula is C25H32N2O3. The first-order chi connectivity index (χ1) is 14.6. The minimum Gasteiger partial charge on any atom is -0.481 e. The number of hydrogen-bond acceptors (Lipinski definition) is 3. The van der Waals surface area contributed by atoms with Crippen molar-refractivity contribution in [2.45, 2.75) is 62.3 Å². The van der Waals surface area contributed by atoms with Crippen molar-refractivity contribution < 1.29 is 14.7 Å². The lowest BCUT2D eigenvalue weighted by molar-refractivity contribution is -0.145. The van der Waals surface area contributed by atoms with Crippen LogP contribution in [0.25, 0.3) is 0 Å². The largest absolute Gasteiger partial charge is 0.481 e. The van der Waals surface area contributed by atoms with Crippen LogP contribution in [0.2, 0.25) is 0 Å². The van der Waals surface area contributed by atoms with E-state index in [1.54, 1.807) is 0 Å². The Hall–Kier alpha value is -1.88. The number of fused-ring (bicyclic) bond motifs is 2. The number of amides is 1. The zero-order chi connectivity index (χ0) is 20.5. The van der Waals surface area contributed by atoms with Gasteiger partial charge in [0.25, 0.3) is 0 Å². The number of carbonyl (C=O) groups is 2. The van der Waals surface area contributed by atoms with Crippen molar-refractivity contribution in [1.29, 1.82) is 0 Å². The second-order valence-corrected chi connectivity index (χ2v) is 10.8. The van der Waals surface area contributed by atoms with Gasteiger partial charge in [0.05, 0.1) is 11.8 Å². The van der Waals surface area contributed by atoms with E-state index >= 15 is 0 Å². The summed E-state index contributed by atoms with van der Waals surface area (Å²) >= 11 is 0. The van der Waals surface area contributed by atoms with Crippen LogP contribution in [0.5, 0.6) is 0 Å². The molecule has 1 unspecified atom stereocenters. The van der Waals surface area contributed by atoms with Gasteiger partial charge in [-0.25, -0.2) is 0 Å². The summed E-state index contributed by atoms with van der Waals surface area (Å²) in [6.07, 6.45) is 8.05. The van der Waals surface area contributed by atoms with Crippen LogP contribution in [0.3, 0.4) is 0 Å². The van der Waals surface area contributed by atoms with Crippen LogP contribution in [0, 0.1) is 29.6 Å². The van der Waals surface area contributed by atoms with E-state index in [1.807, 2.05) is 18.2 Å². The first-order valence-corrected chi connectivity index (χ1v) is 11.9. The maximum absolute atomic E-state index is 13.9. The Kier molecular flexibility index (Phi) is 4.28. The minimum atomic E-state index is -0.858. The number of carbonyl (C=O) groups excluding carboxylic acids is 1. The van der Waals surface area contributed by atoms with Crippen molar-refractivity contribution in [3.8, 4) is 0 Å². The molecule has 30 heavy (non-hydrogen) atoms. The van der Waals surface area contributed by atoms with Gasteiger partial charge < -0.3 is 15.7 Å². The highest BCUT2D eigenvalue weighted by molar-refractivity contribution is 5.92. The Bertz CT molecular complexity index is 847. The topological polar surface area (TPSA) is 78.4 Å². The monoisotopic (exact) mass is 408 g/mol. The molecule has 1 aromatic rings. The minimum absolute atomic E-state index is 0.00188. The second-order valence-electron chi connectivity index (χ2n) is 10.8. The lowest BCUT2D eigenvalue weighted by atomic mass is 9.54. The number of piperidine rings is 1.